The summed E-state index contributed by atoms with van der Waals surface area (Å²) in [5.41, 5.74) is 3.01. The van der Waals surface area contributed by atoms with Gasteiger partial charge in [-0.3, -0.25) is 4.79 Å². The fourth-order valence-electron chi connectivity index (χ4n) is 4.23. The van der Waals surface area contributed by atoms with E-state index in [0.717, 1.165) is 33.8 Å². The second kappa shape index (κ2) is 11.5. The van der Waals surface area contributed by atoms with Crippen molar-refractivity contribution in [3.63, 3.8) is 0 Å². The number of carbonyl (C=O) groups is 2. The van der Waals surface area contributed by atoms with Gasteiger partial charge in [-0.25, -0.2) is 9.79 Å². The second-order valence-corrected chi connectivity index (χ2v) is 10.5. The fourth-order valence-corrected chi connectivity index (χ4v) is 5.55. The summed E-state index contributed by atoms with van der Waals surface area (Å²) in [6, 6.07) is 21.9. The SMILES string of the molecule is CCOC(=O)C1=C(O)/C(=C/c2cn(Cc3ccc(Cl)c(Cl)c3)c3ccccc23)SC1=NC(=O)c1ccccc1. The summed E-state index contributed by atoms with van der Waals surface area (Å²) in [7, 11) is 0. The Balaban J connectivity index is 1.55. The maximum atomic E-state index is 12.8. The summed E-state index contributed by atoms with van der Waals surface area (Å²) in [6.45, 7) is 2.33. The van der Waals surface area contributed by atoms with Gasteiger partial charge in [-0.2, -0.15) is 0 Å². The van der Waals surface area contributed by atoms with Gasteiger partial charge in [0, 0.05) is 34.8 Å². The monoisotopic (exact) mass is 576 g/mol. The van der Waals surface area contributed by atoms with Crippen LogP contribution in [0.3, 0.4) is 0 Å². The van der Waals surface area contributed by atoms with Crippen LogP contribution in [-0.4, -0.2) is 33.2 Å². The van der Waals surface area contributed by atoms with Crippen molar-refractivity contribution in [1.29, 1.82) is 0 Å². The number of aromatic nitrogens is 1. The van der Waals surface area contributed by atoms with E-state index in [-0.39, 0.29) is 23.0 Å². The van der Waals surface area contributed by atoms with Gasteiger partial charge in [0.25, 0.3) is 5.91 Å². The third kappa shape index (κ3) is 5.66. The average molecular weight is 577 g/mol. The zero-order valence-corrected chi connectivity index (χ0v) is 23.1. The lowest BCUT2D eigenvalue weighted by Gasteiger charge is -2.06. The first kappa shape index (κ1) is 26.8. The predicted octanol–water partition coefficient (Wildman–Crippen LogP) is 7.70. The van der Waals surface area contributed by atoms with Crippen LogP contribution in [0.15, 0.2) is 100 Å². The van der Waals surface area contributed by atoms with Crippen LogP contribution in [0, 0.1) is 0 Å². The van der Waals surface area contributed by atoms with Crippen LogP contribution >= 0.6 is 35.0 Å². The summed E-state index contributed by atoms with van der Waals surface area (Å²) in [6.07, 6.45) is 3.74. The Morgan fingerprint density at radius 3 is 2.51 bits per heavy atom. The van der Waals surface area contributed by atoms with Gasteiger partial charge in [0.2, 0.25) is 0 Å². The van der Waals surface area contributed by atoms with E-state index in [9.17, 15) is 14.7 Å². The normalized spacial score (nSPS) is 15.5. The van der Waals surface area contributed by atoms with E-state index in [4.69, 9.17) is 27.9 Å². The third-order valence-corrected chi connectivity index (χ3v) is 7.80. The molecule has 0 saturated carbocycles. The van der Waals surface area contributed by atoms with Crippen LogP contribution in [0.5, 0.6) is 0 Å². The standard InChI is InChI=1S/C30H22Cl2N2O4S/c1-2-38-30(37)26-27(35)25(39-29(26)33-28(36)19-8-4-3-5-9-19)15-20-17-34(24-11-7-6-10-21(20)24)16-18-12-13-22(31)23(32)14-18/h3-15,17,35H,2,16H2,1H3/b25-15-,33-29?. The molecule has 4 aromatic rings. The molecule has 9 heteroatoms. The number of carbonyl (C=O) groups excluding carboxylic acids is 2. The molecular formula is C30H22Cl2N2O4S. The molecule has 0 spiro atoms. The number of rotatable bonds is 6. The number of halogens is 2. The molecule has 5 rings (SSSR count). The molecule has 39 heavy (non-hydrogen) atoms. The van der Waals surface area contributed by atoms with Gasteiger partial charge in [-0.15, -0.1) is 0 Å². The summed E-state index contributed by atoms with van der Waals surface area (Å²) in [4.78, 5) is 30.1. The number of thioether (sulfide) groups is 1. The number of hydrogen-bond acceptors (Lipinski definition) is 5. The average Bonchev–Trinajstić information content (AvgIpc) is 3.43. The lowest BCUT2D eigenvalue weighted by atomic mass is 10.1. The van der Waals surface area contributed by atoms with Crippen molar-refractivity contribution in [3.8, 4) is 0 Å². The predicted molar refractivity (Wildman–Crippen MR) is 158 cm³/mol. The molecule has 1 amide bonds. The first-order valence-corrected chi connectivity index (χ1v) is 13.6. The van der Waals surface area contributed by atoms with Gasteiger partial charge < -0.3 is 14.4 Å². The van der Waals surface area contributed by atoms with E-state index in [1.165, 1.54) is 0 Å². The fraction of sp³-hybridized carbons (Fsp3) is 0.100. The Kier molecular flexibility index (Phi) is 7.93. The topological polar surface area (TPSA) is 80.9 Å². The molecule has 1 aliphatic rings. The number of hydrogen-bond donors (Lipinski definition) is 1. The molecule has 196 valence electrons. The number of aliphatic imine (C=N–C) groups is 1. The number of nitrogens with zero attached hydrogens (tertiary/aromatic N) is 2. The van der Waals surface area contributed by atoms with Crippen molar-refractivity contribution < 1.29 is 19.4 Å². The van der Waals surface area contributed by atoms with Crippen LogP contribution in [0.4, 0.5) is 0 Å². The maximum absolute atomic E-state index is 12.8. The van der Waals surface area contributed by atoms with E-state index in [0.29, 0.717) is 27.1 Å². The number of aliphatic hydroxyl groups is 1. The van der Waals surface area contributed by atoms with Crippen LogP contribution in [0.1, 0.15) is 28.4 Å². The van der Waals surface area contributed by atoms with Crippen LogP contribution < -0.4 is 0 Å². The first-order valence-electron chi connectivity index (χ1n) is 12.1. The smallest absolute Gasteiger partial charge is 0.344 e. The summed E-state index contributed by atoms with van der Waals surface area (Å²) < 4.78 is 7.23. The molecule has 0 fully saturated rings. The van der Waals surface area contributed by atoms with Crippen LogP contribution in [-0.2, 0) is 16.1 Å². The Bertz CT molecular complexity index is 1690. The molecule has 0 radical (unpaired) electrons. The molecule has 1 N–H and O–H groups in total. The highest BCUT2D eigenvalue weighted by atomic mass is 35.5. The molecule has 0 atom stereocenters. The first-order chi connectivity index (χ1) is 18.9. The van der Waals surface area contributed by atoms with Gasteiger partial charge in [-0.05, 0) is 48.9 Å². The number of amides is 1. The van der Waals surface area contributed by atoms with E-state index < -0.39 is 11.9 Å². The van der Waals surface area contributed by atoms with E-state index in [2.05, 4.69) is 9.56 Å². The van der Waals surface area contributed by atoms with Crippen molar-refractivity contribution in [1.82, 2.24) is 4.57 Å². The highest BCUT2D eigenvalue weighted by Gasteiger charge is 2.34. The number of esters is 1. The summed E-state index contributed by atoms with van der Waals surface area (Å²) in [5, 5.41) is 13.1. The quantitative estimate of drug-likeness (QED) is 0.238. The molecule has 0 bridgehead atoms. The van der Waals surface area contributed by atoms with Gasteiger partial charge in [-0.1, -0.05) is 77.4 Å². The molecule has 0 aliphatic carbocycles. The molecular weight excluding hydrogens is 555 g/mol. The van der Waals surface area contributed by atoms with Crippen molar-refractivity contribution in [2.24, 2.45) is 4.99 Å². The number of fused-ring (bicyclic) bond motifs is 1. The summed E-state index contributed by atoms with van der Waals surface area (Å²) in [5.74, 6) is -1.54. The molecule has 0 unspecified atom stereocenters. The maximum Gasteiger partial charge on any atom is 0.344 e. The minimum absolute atomic E-state index is 0.0885. The number of para-hydroxylation sites is 1. The molecule has 0 saturated heterocycles. The Hall–Kier alpha value is -3.78. The minimum atomic E-state index is -0.743. The minimum Gasteiger partial charge on any atom is -0.506 e. The van der Waals surface area contributed by atoms with Crippen molar-refractivity contribution in [2.75, 3.05) is 6.61 Å². The van der Waals surface area contributed by atoms with Crippen LogP contribution in [0.2, 0.25) is 10.0 Å². The molecule has 3 aromatic carbocycles. The molecule has 6 nitrogen and oxygen atoms in total. The number of ether oxygens (including phenoxy) is 1. The Labute approximate surface area is 239 Å². The van der Waals surface area contributed by atoms with Crippen molar-refractivity contribution in [2.45, 2.75) is 13.5 Å². The van der Waals surface area contributed by atoms with Gasteiger partial charge in [0.1, 0.15) is 16.4 Å². The second-order valence-electron chi connectivity index (χ2n) is 8.62. The summed E-state index contributed by atoms with van der Waals surface area (Å²) >= 11 is 13.4. The highest BCUT2D eigenvalue weighted by molar-refractivity contribution is 8.18. The largest absolute Gasteiger partial charge is 0.506 e. The van der Waals surface area contributed by atoms with Gasteiger partial charge in [0.15, 0.2) is 0 Å². The zero-order valence-electron chi connectivity index (χ0n) is 20.7. The Morgan fingerprint density at radius 2 is 1.77 bits per heavy atom. The van der Waals surface area contributed by atoms with E-state index >= 15 is 0 Å². The van der Waals surface area contributed by atoms with Crippen molar-refractivity contribution >= 4 is 68.9 Å². The number of benzene rings is 3. The highest BCUT2D eigenvalue weighted by Crippen LogP contribution is 2.40. The molecule has 1 aliphatic heterocycles. The van der Waals surface area contributed by atoms with E-state index in [1.807, 2.05) is 42.6 Å². The number of aliphatic hydroxyl groups excluding tert-OH is 1. The Morgan fingerprint density at radius 1 is 1.03 bits per heavy atom. The zero-order chi connectivity index (χ0) is 27.5. The van der Waals surface area contributed by atoms with Gasteiger partial charge in [0.05, 0.1) is 21.6 Å². The molecule has 2 heterocycles. The van der Waals surface area contributed by atoms with Gasteiger partial charge >= 0.3 is 5.97 Å². The third-order valence-electron chi connectivity index (χ3n) is 6.04. The van der Waals surface area contributed by atoms with Crippen molar-refractivity contribution in [3.05, 3.63) is 122 Å². The molecule has 1 aromatic heterocycles. The van der Waals surface area contributed by atoms with E-state index in [1.54, 1.807) is 49.4 Å². The van der Waals surface area contributed by atoms with Crippen LogP contribution in [0.25, 0.3) is 17.0 Å². The lowest BCUT2D eigenvalue weighted by Crippen LogP contribution is -2.14. The lowest BCUT2D eigenvalue weighted by molar-refractivity contribution is -0.138.